The van der Waals surface area contributed by atoms with Crippen LogP contribution in [0.4, 0.5) is 0 Å². The van der Waals surface area contributed by atoms with Crippen LogP contribution < -0.4 is 11.4 Å². The number of carbonyl (C=O) groups is 1. The van der Waals surface area contributed by atoms with E-state index in [1.807, 2.05) is 5.59 Å². The number of rotatable bonds is 4. The van der Waals surface area contributed by atoms with Crippen molar-refractivity contribution in [3.05, 3.63) is 0 Å². The minimum atomic E-state index is -0.279. The topological polar surface area (TPSA) is 67.6 Å². The summed E-state index contributed by atoms with van der Waals surface area (Å²) < 4.78 is 0. The molecule has 1 heterocycles. The summed E-state index contributed by atoms with van der Waals surface area (Å²) in [6.07, 6.45) is 7.30. The number of hydrogen-bond acceptors (Lipinski definition) is 5. The van der Waals surface area contributed by atoms with E-state index in [0.29, 0.717) is 6.42 Å². The molecule has 5 nitrogen and oxygen atoms in total. The second-order valence-electron chi connectivity index (χ2n) is 5.24. The highest BCUT2D eigenvalue weighted by Gasteiger charge is 2.30. The van der Waals surface area contributed by atoms with Gasteiger partial charge < -0.3 is 9.74 Å². The quantitative estimate of drug-likeness (QED) is 0.563. The molecule has 1 aliphatic heterocycles. The Morgan fingerprint density at radius 2 is 2.06 bits per heavy atom. The van der Waals surface area contributed by atoms with Crippen molar-refractivity contribution in [2.24, 2.45) is 17.7 Å². The van der Waals surface area contributed by atoms with Crippen LogP contribution in [0, 0.1) is 11.8 Å². The molecule has 3 N–H and O–H groups in total. The number of hydrogen-bond donors (Lipinski definition) is 2. The van der Waals surface area contributed by atoms with Crippen molar-refractivity contribution in [2.75, 3.05) is 19.6 Å². The van der Waals surface area contributed by atoms with Crippen LogP contribution in [0.5, 0.6) is 0 Å². The maximum absolute atomic E-state index is 11.2. The van der Waals surface area contributed by atoms with Crippen LogP contribution in [0.25, 0.3) is 0 Å². The van der Waals surface area contributed by atoms with Crippen LogP contribution in [-0.2, 0) is 9.63 Å². The van der Waals surface area contributed by atoms with Crippen LogP contribution in [0.1, 0.15) is 38.5 Å². The van der Waals surface area contributed by atoms with Crippen molar-refractivity contribution >= 4 is 5.97 Å². The summed E-state index contributed by atoms with van der Waals surface area (Å²) in [6, 6.07) is 0. The van der Waals surface area contributed by atoms with Crippen molar-refractivity contribution in [3.8, 4) is 0 Å². The monoisotopic (exact) mass is 241 g/mol. The fourth-order valence-corrected chi connectivity index (χ4v) is 3.25. The molecule has 0 aromatic carbocycles. The molecule has 2 rings (SSSR count). The maximum atomic E-state index is 11.2. The number of carbonyl (C=O) groups excluding carboxylic acids is 1. The predicted molar refractivity (Wildman–Crippen MR) is 64.5 cm³/mol. The van der Waals surface area contributed by atoms with Gasteiger partial charge in [-0.3, -0.25) is 4.79 Å². The Balaban J connectivity index is 1.70. The van der Waals surface area contributed by atoms with Gasteiger partial charge in [-0.25, -0.2) is 5.84 Å². The van der Waals surface area contributed by atoms with Gasteiger partial charge in [0, 0.05) is 13.1 Å². The molecular formula is C12H23N3O2. The van der Waals surface area contributed by atoms with Gasteiger partial charge in [0.15, 0.2) is 0 Å². The fourth-order valence-electron chi connectivity index (χ4n) is 3.25. The van der Waals surface area contributed by atoms with Gasteiger partial charge in [0.1, 0.15) is 0 Å². The van der Waals surface area contributed by atoms with Crippen molar-refractivity contribution in [3.63, 3.8) is 0 Å². The molecule has 2 unspecified atom stereocenters. The molecule has 0 spiro atoms. The number of hydrazine groups is 1. The lowest BCUT2D eigenvalue weighted by Gasteiger charge is -2.41. The van der Waals surface area contributed by atoms with Crippen molar-refractivity contribution in [2.45, 2.75) is 38.5 Å². The molecule has 0 aromatic rings. The SMILES string of the molecule is NNOC(=O)CCN1CCC2CCCCC2C1. The summed E-state index contributed by atoms with van der Waals surface area (Å²) in [6.45, 7) is 3.09. The maximum Gasteiger partial charge on any atom is 0.327 e. The number of nitrogens with one attached hydrogen (secondary N) is 1. The normalized spacial score (nSPS) is 29.7. The first-order chi connectivity index (χ1) is 8.29. The molecule has 0 amide bonds. The average molecular weight is 241 g/mol. The molecule has 2 atom stereocenters. The van der Waals surface area contributed by atoms with Gasteiger partial charge in [-0.2, -0.15) is 0 Å². The summed E-state index contributed by atoms with van der Waals surface area (Å²) >= 11 is 0. The third-order valence-corrected chi connectivity index (χ3v) is 4.18. The van der Waals surface area contributed by atoms with E-state index in [1.165, 1.54) is 32.1 Å². The average Bonchev–Trinajstić information content (AvgIpc) is 2.36. The summed E-state index contributed by atoms with van der Waals surface area (Å²) in [4.78, 5) is 18.1. The standard InChI is InChI=1S/C12H23N3O2/c13-14-17-12(16)6-8-15-7-5-10-3-1-2-4-11(10)9-15/h10-11,14H,1-9,13H2. The molecule has 17 heavy (non-hydrogen) atoms. The van der Waals surface area contributed by atoms with Crippen LogP contribution >= 0.6 is 0 Å². The largest absolute Gasteiger partial charge is 0.356 e. The van der Waals surface area contributed by atoms with E-state index in [2.05, 4.69) is 9.74 Å². The number of likely N-dealkylation sites (tertiary alicyclic amines) is 1. The molecule has 1 saturated heterocycles. The van der Waals surface area contributed by atoms with E-state index in [9.17, 15) is 4.79 Å². The Morgan fingerprint density at radius 3 is 2.82 bits per heavy atom. The van der Waals surface area contributed by atoms with E-state index in [-0.39, 0.29) is 5.97 Å². The van der Waals surface area contributed by atoms with Gasteiger partial charge in [-0.05, 0) is 31.2 Å². The summed E-state index contributed by atoms with van der Waals surface area (Å²) in [5.74, 6) is 6.44. The number of nitrogens with two attached hydrogens (primary N) is 1. The van der Waals surface area contributed by atoms with Gasteiger partial charge >= 0.3 is 5.97 Å². The highest BCUT2D eigenvalue weighted by molar-refractivity contribution is 5.69. The number of fused-ring (bicyclic) bond motifs is 1. The molecule has 0 radical (unpaired) electrons. The molecule has 1 aliphatic carbocycles. The Hall–Kier alpha value is -0.650. The fraction of sp³-hybridized carbons (Fsp3) is 0.917. The molecule has 5 heteroatoms. The number of nitrogens with zero attached hydrogens (tertiary/aromatic N) is 1. The highest BCUT2D eigenvalue weighted by atomic mass is 16.7. The van der Waals surface area contributed by atoms with Crippen LogP contribution in [-0.4, -0.2) is 30.5 Å². The smallest absolute Gasteiger partial charge is 0.327 e. The van der Waals surface area contributed by atoms with Crippen LogP contribution in [0.2, 0.25) is 0 Å². The third-order valence-electron chi connectivity index (χ3n) is 4.18. The minimum absolute atomic E-state index is 0.279. The second kappa shape index (κ2) is 6.33. The van der Waals surface area contributed by atoms with E-state index in [4.69, 9.17) is 5.84 Å². The highest BCUT2D eigenvalue weighted by Crippen LogP contribution is 2.35. The zero-order chi connectivity index (χ0) is 12.1. The lowest BCUT2D eigenvalue weighted by atomic mass is 9.75. The van der Waals surface area contributed by atoms with Gasteiger partial charge in [0.25, 0.3) is 0 Å². The van der Waals surface area contributed by atoms with Crippen molar-refractivity contribution in [1.82, 2.24) is 10.5 Å². The lowest BCUT2D eigenvalue weighted by Crippen LogP contribution is -2.42. The van der Waals surface area contributed by atoms with E-state index >= 15 is 0 Å². The summed E-state index contributed by atoms with van der Waals surface area (Å²) in [7, 11) is 0. The second-order valence-corrected chi connectivity index (χ2v) is 5.24. The minimum Gasteiger partial charge on any atom is -0.356 e. The molecule has 2 aliphatic rings. The van der Waals surface area contributed by atoms with Gasteiger partial charge in [-0.15, -0.1) is 0 Å². The van der Waals surface area contributed by atoms with Gasteiger partial charge in [0.2, 0.25) is 0 Å². The molecule has 98 valence electrons. The Labute approximate surface area is 103 Å². The first-order valence-electron chi connectivity index (χ1n) is 6.67. The Bertz CT molecular complexity index is 260. The van der Waals surface area contributed by atoms with Crippen molar-refractivity contribution in [1.29, 1.82) is 0 Å². The molecule has 0 bridgehead atoms. The van der Waals surface area contributed by atoms with Crippen LogP contribution in [0.3, 0.4) is 0 Å². The lowest BCUT2D eigenvalue weighted by molar-refractivity contribution is -0.151. The third kappa shape index (κ3) is 3.66. The number of piperidine rings is 1. The van der Waals surface area contributed by atoms with E-state index < -0.39 is 0 Å². The summed E-state index contributed by atoms with van der Waals surface area (Å²) in [5.41, 5.74) is 1.93. The first kappa shape index (κ1) is 12.8. The predicted octanol–water partition coefficient (Wildman–Crippen LogP) is 0.810. The molecule has 2 fully saturated rings. The molecule has 0 aromatic heterocycles. The Morgan fingerprint density at radius 1 is 1.29 bits per heavy atom. The summed E-state index contributed by atoms with van der Waals surface area (Å²) in [5, 5.41) is 0. The van der Waals surface area contributed by atoms with Crippen LogP contribution in [0.15, 0.2) is 0 Å². The van der Waals surface area contributed by atoms with E-state index in [0.717, 1.165) is 31.5 Å². The van der Waals surface area contributed by atoms with Gasteiger partial charge in [0.05, 0.1) is 6.42 Å². The Kier molecular flexibility index (Phi) is 4.76. The van der Waals surface area contributed by atoms with Crippen molar-refractivity contribution < 1.29 is 9.63 Å². The molecule has 1 saturated carbocycles. The zero-order valence-electron chi connectivity index (χ0n) is 10.4. The van der Waals surface area contributed by atoms with Gasteiger partial charge in [-0.1, -0.05) is 24.9 Å². The van der Waals surface area contributed by atoms with E-state index in [1.54, 1.807) is 0 Å². The molecular weight excluding hydrogens is 218 g/mol. The first-order valence-corrected chi connectivity index (χ1v) is 6.67. The zero-order valence-corrected chi connectivity index (χ0v) is 10.4.